The van der Waals surface area contributed by atoms with Gasteiger partial charge in [0.2, 0.25) is 0 Å². The van der Waals surface area contributed by atoms with Crippen molar-refractivity contribution in [1.29, 1.82) is 0 Å². The van der Waals surface area contributed by atoms with Crippen LogP contribution in [0.5, 0.6) is 0 Å². The molecule has 0 fully saturated rings. The highest BCUT2D eigenvalue weighted by molar-refractivity contribution is 7.99. The second-order valence-corrected chi connectivity index (χ2v) is 5.55. The van der Waals surface area contributed by atoms with Crippen LogP contribution in [0, 0.1) is 17.7 Å². The Morgan fingerprint density at radius 2 is 2.30 bits per heavy atom. The molecule has 1 rings (SSSR count). The molecule has 0 aliphatic carbocycles. The normalized spacial score (nSPS) is 11.4. The first-order valence-corrected chi connectivity index (χ1v) is 7.61. The Balaban J connectivity index is 2.88. The molecule has 1 aromatic carbocycles. The molecular weight excluding hydrogens is 275 g/mol. The molecule has 0 bridgehead atoms. The van der Waals surface area contributed by atoms with Gasteiger partial charge in [-0.05, 0) is 30.9 Å². The van der Waals surface area contributed by atoms with E-state index in [1.807, 2.05) is 6.92 Å². The number of nitrogens with two attached hydrogens (primary N) is 1. The third-order valence-electron chi connectivity index (χ3n) is 2.50. The molecule has 108 valence electrons. The fourth-order valence-electron chi connectivity index (χ4n) is 1.60. The third kappa shape index (κ3) is 5.24. The number of hydrogen-bond donors (Lipinski definition) is 2. The molecule has 3 nitrogen and oxygen atoms in total. The maximum atomic E-state index is 13.3. The zero-order valence-corrected chi connectivity index (χ0v) is 12.5. The molecule has 0 heterocycles. The number of halogens is 1. The largest absolute Gasteiger partial charge is 0.349 e. The molecule has 0 radical (unpaired) electrons. The van der Waals surface area contributed by atoms with E-state index in [1.54, 1.807) is 11.8 Å². The van der Waals surface area contributed by atoms with Gasteiger partial charge in [-0.1, -0.05) is 18.8 Å². The maximum Gasteiger partial charge on any atom is 0.252 e. The summed E-state index contributed by atoms with van der Waals surface area (Å²) >= 11 is 1.74. The van der Waals surface area contributed by atoms with Crippen molar-refractivity contribution in [2.75, 3.05) is 18.1 Å². The number of nitrogens with one attached hydrogen (secondary N) is 1. The van der Waals surface area contributed by atoms with Crippen molar-refractivity contribution in [2.45, 2.75) is 19.9 Å². The minimum atomic E-state index is -0.455. The monoisotopic (exact) mass is 294 g/mol. The lowest BCUT2D eigenvalue weighted by Crippen LogP contribution is -2.34. The summed E-state index contributed by atoms with van der Waals surface area (Å²) < 4.78 is 13.3. The molecule has 1 amide bonds. The Morgan fingerprint density at radius 3 is 2.95 bits per heavy atom. The molecule has 0 spiro atoms. The van der Waals surface area contributed by atoms with Gasteiger partial charge in [0.15, 0.2) is 0 Å². The maximum absolute atomic E-state index is 13.3. The Bertz CT molecular complexity index is 522. The summed E-state index contributed by atoms with van der Waals surface area (Å²) in [4.78, 5) is 12.2. The minimum absolute atomic E-state index is 0.0195. The van der Waals surface area contributed by atoms with E-state index in [0.29, 0.717) is 5.56 Å². The summed E-state index contributed by atoms with van der Waals surface area (Å²) in [6.07, 6.45) is 0. The van der Waals surface area contributed by atoms with Crippen LogP contribution in [0.1, 0.15) is 29.8 Å². The molecule has 0 aliphatic rings. The van der Waals surface area contributed by atoms with Crippen molar-refractivity contribution in [3.05, 3.63) is 35.1 Å². The topological polar surface area (TPSA) is 55.1 Å². The van der Waals surface area contributed by atoms with Gasteiger partial charge in [-0.15, -0.1) is 0 Å². The first-order valence-electron chi connectivity index (χ1n) is 6.45. The highest BCUT2D eigenvalue weighted by atomic mass is 32.2. The van der Waals surface area contributed by atoms with Gasteiger partial charge in [0.05, 0.1) is 12.1 Å². The van der Waals surface area contributed by atoms with E-state index in [4.69, 9.17) is 5.73 Å². The Labute approximate surface area is 123 Å². The Hall–Kier alpha value is -1.51. The predicted octanol–water partition coefficient (Wildman–Crippen LogP) is 2.01. The van der Waals surface area contributed by atoms with Crippen LogP contribution in [0.3, 0.4) is 0 Å². The van der Waals surface area contributed by atoms with E-state index in [2.05, 4.69) is 24.1 Å². The van der Waals surface area contributed by atoms with Crippen LogP contribution in [0.2, 0.25) is 0 Å². The van der Waals surface area contributed by atoms with E-state index >= 15 is 0 Å². The summed E-state index contributed by atoms with van der Waals surface area (Å²) in [6, 6.07) is 4.01. The molecule has 1 atom stereocenters. The quantitative estimate of drug-likeness (QED) is 0.817. The summed E-state index contributed by atoms with van der Waals surface area (Å²) in [5.74, 6) is 6.52. The van der Waals surface area contributed by atoms with Gasteiger partial charge in [0.1, 0.15) is 5.82 Å². The third-order valence-corrected chi connectivity index (χ3v) is 3.64. The molecular formula is C15H19FN2OS. The van der Waals surface area contributed by atoms with Crippen molar-refractivity contribution in [3.63, 3.8) is 0 Å². The molecule has 1 unspecified atom stereocenters. The van der Waals surface area contributed by atoms with Crippen LogP contribution >= 0.6 is 11.8 Å². The Morgan fingerprint density at radius 1 is 1.55 bits per heavy atom. The molecule has 0 saturated heterocycles. The first kappa shape index (κ1) is 16.5. The van der Waals surface area contributed by atoms with Crippen molar-refractivity contribution in [3.8, 4) is 11.8 Å². The molecule has 3 N–H and O–H groups in total. The highest BCUT2D eigenvalue weighted by Crippen LogP contribution is 2.11. The lowest BCUT2D eigenvalue weighted by molar-refractivity contribution is 0.0943. The lowest BCUT2D eigenvalue weighted by Gasteiger charge is -2.14. The van der Waals surface area contributed by atoms with E-state index in [1.165, 1.54) is 18.2 Å². The van der Waals surface area contributed by atoms with E-state index < -0.39 is 5.82 Å². The SMILES string of the molecule is CCSCC(C)NC(=O)c1cc(F)ccc1C#CCN. The molecule has 5 heteroatoms. The number of carbonyl (C=O) groups excluding carboxylic acids is 1. The smallest absolute Gasteiger partial charge is 0.252 e. The number of rotatable bonds is 5. The van der Waals surface area contributed by atoms with Crippen molar-refractivity contribution >= 4 is 17.7 Å². The molecule has 0 aromatic heterocycles. The number of hydrogen-bond acceptors (Lipinski definition) is 3. The van der Waals surface area contributed by atoms with Crippen LogP contribution in [0.25, 0.3) is 0 Å². The second kappa shape index (κ2) is 8.62. The van der Waals surface area contributed by atoms with Gasteiger partial charge >= 0.3 is 0 Å². The zero-order valence-electron chi connectivity index (χ0n) is 11.7. The van der Waals surface area contributed by atoms with Crippen LogP contribution in [-0.4, -0.2) is 30.0 Å². The van der Waals surface area contributed by atoms with Crippen molar-refractivity contribution < 1.29 is 9.18 Å². The number of carbonyl (C=O) groups is 1. The van der Waals surface area contributed by atoms with Crippen LogP contribution in [-0.2, 0) is 0 Å². The molecule has 0 saturated carbocycles. The summed E-state index contributed by atoms with van der Waals surface area (Å²) in [7, 11) is 0. The van der Waals surface area contributed by atoms with E-state index in [-0.39, 0.29) is 24.1 Å². The zero-order chi connectivity index (χ0) is 15.0. The highest BCUT2D eigenvalue weighted by Gasteiger charge is 2.14. The minimum Gasteiger partial charge on any atom is -0.349 e. The lowest BCUT2D eigenvalue weighted by atomic mass is 10.1. The van der Waals surface area contributed by atoms with E-state index in [9.17, 15) is 9.18 Å². The Kier molecular flexibility index (Phi) is 7.13. The van der Waals surface area contributed by atoms with E-state index in [0.717, 1.165) is 11.5 Å². The fourth-order valence-corrected chi connectivity index (χ4v) is 2.27. The molecule has 0 aliphatic heterocycles. The number of benzene rings is 1. The van der Waals surface area contributed by atoms with Crippen LogP contribution in [0.15, 0.2) is 18.2 Å². The van der Waals surface area contributed by atoms with Gasteiger partial charge in [0.25, 0.3) is 5.91 Å². The van der Waals surface area contributed by atoms with Gasteiger partial charge < -0.3 is 11.1 Å². The van der Waals surface area contributed by atoms with Gasteiger partial charge in [0, 0.05) is 17.4 Å². The average Bonchev–Trinajstić information content (AvgIpc) is 2.43. The van der Waals surface area contributed by atoms with Crippen LogP contribution < -0.4 is 11.1 Å². The van der Waals surface area contributed by atoms with Gasteiger partial charge in [-0.25, -0.2) is 4.39 Å². The van der Waals surface area contributed by atoms with Crippen molar-refractivity contribution in [1.82, 2.24) is 5.32 Å². The fraction of sp³-hybridized carbons (Fsp3) is 0.400. The summed E-state index contributed by atoms with van der Waals surface area (Å²) in [6.45, 7) is 4.18. The van der Waals surface area contributed by atoms with Crippen LogP contribution in [0.4, 0.5) is 4.39 Å². The number of amides is 1. The summed E-state index contributed by atoms with van der Waals surface area (Å²) in [5, 5.41) is 2.85. The predicted molar refractivity (Wildman–Crippen MR) is 82.3 cm³/mol. The van der Waals surface area contributed by atoms with Crippen molar-refractivity contribution in [2.24, 2.45) is 5.73 Å². The standard InChI is InChI=1S/C15H19FN2OS/c1-3-20-10-11(2)18-15(19)14-9-13(16)7-6-12(14)5-4-8-17/h6-7,9,11H,3,8,10,17H2,1-2H3,(H,18,19). The second-order valence-electron chi connectivity index (χ2n) is 4.23. The van der Waals surface area contributed by atoms with Gasteiger partial charge in [-0.2, -0.15) is 11.8 Å². The molecule has 20 heavy (non-hydrogen) atoms. The summed E-state index contributed by atoms with van der Waals surface area (Å²) in [5.41, 5.74) is 6.06. The number of thioether (sulfide) groups is 1. The van der Waals surface area contributed by atoms with Gasteiger partial charge in [-0.3, -0.25) is 4.79 Å². The first-order chi connectivity index (χ1) is 9.58. The average molecular weight is 294 g/mol. The molecule has 1 aromatic rings.